The van der Waals surface area contributed by atoms with E-state index in [1.165, 1.54) is 18.5 Å². The fourth-order valence-electron chi connectivity index (χ4n) is 4.44. The van der Waals surface area contributed by atoms with Gasteiger partial charge in [0.25, 0.3) is 0 Å². The van der Waals surface area contributed by atoms with E-state index in [1.807, 2.05) is 0 Å². The Morgan fingerprint density at radius 2 is 1.79 bits per heavy atom. The molecule has 3 heterocycles. The monoisotopic (exact) mass is 559 g/mol. The first-order chi connectivity index (χ1) is 18.9. The summed E-state index contributed by atoms with van der Waals surface area (Å²) in [7, 11) is 0. The summed E-state index contributed by atoms with van der Waals surface area (Å²) >= 11 is 5.92. The lowest BCUT2D eigenvalue weighted by molar-refractivity contribution is -0.148. The molecule has 0 unspecified atom stereocenters. The molecule has 4 rings (SSSR count). The van der Waals surface area contributed by atoms with Crippen molar-refractivity contribution in [3.8, 4) is 0 Å². The Kier molecular flexibility index (Phi) is 9.77. The highest BCUT2D eigenvalue weighted by molar-refractivity contribution is 6.31. The summed E-state index contributed by atoms with van der Waals surface area (Å²) in [6.45, 7) is 6.13. The number of carbonyl (C=O) groups is 2. The highest BCUT2D eigenvalue weighted by Crippen LogP contribution is 2.27. The van der Waals surface area contributed by atoms with Crippen LogP contribution in [-0.4, -0.2) is 82.7 Å². The maximum atomic E-state index is 13.6. The number of halogens is 2. The molecule has 208 valence electrons. The molecule has 39 heavy (non-hydrogen) atoms. The summed E-state index contributed by atoms with van der Waals surface area (Å²) in [5, 5.41) is 3.13. The van der Waals surface area contributed by atoms with E-state index in [0.717, 1.165) is 12.8 Å². The molecule has 0 amide bonds. The minimum atomic E-state index is -0.507. The first-order valence-corrected chi connectivity index (χ1v) is 13.2. The van der Waals surface area contributed by atoms with Crippen LogP contribution in [-0.2, 0) is 19.1 Å². The molecule has 11 nitrogen and oxygen atoms in total. The van der Waals surface area contributed by atoms with E-state index in [2.05, 4.69) is 25.2 Å². The Morgan fingerprint density at radius 3 is 2.44 bits per heavy atom. The van der Waals surface area contributed by atoms with Crippen LogP contribution in [0.5, 0.6) is 0 Å². The van der Waals surface area contributed by atoms with Crippen LogP contribution in [0.1, 0.15) is 26.7 Å². The molecule has 0 spiro atoms. The van der Waals surface area contributed by atoms with Gasteiger partial charge in [-0.15, -0.1) is 0 Å². The molecule has 13 heteroatoms. The molecule has 1 fully saturated rings. The SMILES string of the molecule is CCOC(=O)CN(CC(=O)OCC)CC1CCN(c2ncc3ncnc(Nc4ccc(F)c(Cl)c4)c3n2)CC1. The number of anilines is 3. The predicted molar refractivity (Wildman–Crippen MR) is 144 cm³/mol. The first kappa shape index (κ1) is 28.4. The lowest BCUT2D eigenvalue weighted by Crippen LogP contribution is -2.43. The van der Waals surface area contributed by atoms with Crippen LogP contribution < -0.4 is 10.2 Å². The molecule has 1 saturated heterocycles. The van der Waals surface area contributed by atoms with Gasteiger partial charge in [0, 0.05) is 25.3 Å². The largest absolute Gasteiger partial charge is 0.465 e. The summed E-state index contributed by atoms with van der Waals surface area (Å²) < 4.78 is 23.7. The highest BCUT2D eigenvalue weighted by Gasteiger charge is 2.26. The van der Waals surface area contributed by atoms with E-state index in [9.17, 15) is 14.0 Å². The number of hydrogen-bond acceptors (Lipinski definition) is 11. The molecule has 0 atom stereocenters. The number of fused-ring (bicyclic) bond motifs is 1. The van der Waals surface area contributed by atoms with Crippen LogP contribution in [0, 0.1) is 11.7 Å². The standard InChI is InChI=1S/C26H31ClFN7O4/c1-3-38-22(36)14-34(15-23(37)39-4-2)13-17-7-9-35(10-8-17)26-29-12-21-24(33-26)25(31-16-30-21)32-18-5-6-20(28)19(27)11-18/h5-6,11-12,16-17H,3-4,7-10,13-15H2,1-2H3,(H,30,31,32). The summed E-state index contributed by atoms with van der Waals surface area (Å²) in [5.74, 6) is 0.0410. The third-order valence-corrected chi connectivity index (χ3v) is 6.57. The van der Waals surface area contributed by atoms with Crippen LogP contribution in [0.2, 0.25) is 5.02 Å². The fourth-order valence-corrected chi connectivity index (χ4v) is 4.62. The van der Waals surface area contributed by atoms with Crippen LogP contribution in [0.15, 0.2) is 30.7 Å². The molecule has 1 aromatic carbocycles. The van der Waals surface area contributed by atoms with Gasteiger partial charge in [0.05, 0.1) is 37.5 Å². The Morgan fingerprint density at radius 1 is 1.10 bits per heavy atom. The van der Waals surface area contributed by atoms with E-state index in [-0.39, 0.29) is 49.2 Å². The molecular weight excluding hydrogens is 529 g/mol. The molecule has 3 aromatic rings. The van der Waals surface area contributed by atoms with Crippen molar-refractivity contribution >= 4 is 52.0 Å². The molecule has 0 aliphatic carbocycles. The number of nitrogens with zero attached hydrogens (tertiary/aromatic N) is 6. The Bertz CT molecular complexity index is 1290. The van der Waals surface area contributed by atoms with E-state index in [1.54, 1.807) is 31.0 Å². The summed E-state index contributed by atoms with van der Waals surface area (Å²) in [6.07, 6.45) is 4.71. The second-order valence-corrected chi connectivity index (χ2v) is 9.50. The number of aromatic nitrogens is 4. The first-order valence-electron chi connectivity index (χ1n) is 12.8. The summed E-state index contributed by atoms with van der Waals surface area (Å²) in [6, 6.07) is 4.32. The highest BCUT2D eigenvalue weighted by atomic mass is 35.5. The third kappa shape index (κ3) is 7.70. The minimum absolute atomic E-state index is 0.000348. The van der Waals surface area contributed by atoms with E-state index >= 15 is 0 Å². The van der Waals surface area contributed by atoms with Crippen molar-refractivity contribution in [1.82, 2.24) is 24.8 Å². The predicted octanol–water partition coefficient (Wildman–Crippen LogP) is 3.60. The van der Waals surface area contributed by atoms with Crippen LogP contribution in [0.4, 0.5) is 21.8 Å². The van der Waals surface area contributed by atoms with Crippen molar-refractivity contribution in [3.63, 3.8) is 0 Å². The fraction of sp³-hybridized carbons (Fsp3) is 0.462. The van der Waals surface area contributed by atoms with Gasteiger partial charge in [-0.2, -0.15) is 0 Å². The zero-order chi connectivity index (χ0) is 27.8. The maximum absolute atomic E-state index is 13.6. The number of hydrogen-bond donors (Lipinski definition) is 1. The quantitative estimate of drug-likeness (QED) is 0.347. The Hall–Kier alpha value is -3.64. The lowest BCUT2D eigenvalue weighted by atomic mass is 9.96. The van der Waals surface area contributed by atoms with Crippen molar-refractivity contribution < 1.29 is 23.5 Å². The normalized spacial score (nSPS) is 14.0. The van der Waals surface area contributed by atoms with Crippen molar-refractivity contribution in [1.29, 1.82) is 0 Å². The van der Waals surface area contributed by atoms with Gasteiger partial charge < -0.3 is 19.7 Å². The van der Waals surface area contributed by atoms with Gasteiger partial charge >= 0.3 is 11.9 Å². The van der Waals surface area contributed by atoms with Gasteiger partial charge in [-0.05, 0) is 50.8 Å². The average molecular weight is 560 g/mol. The molecule has 1 N–H and O–H groups in total. The van der Waals surface area contributed by atoms with Gasteiger partial charge in [0.2, 0.25) is 5.95 Å². The van der Waals surface area contributed by atoms with Crippen molar-refractivity contribution in [2.24, 2.45) is 5.92 Å². The molecule has 1 aliphatic heterocycles. The number of nitrogens with one attached hydrogen (secondary N) is 1. The zero-order valence-electron chi connectivity index (χ0n) is 21.9. The molecule has 0 radical (unpaired) electrons. The van der Waals surface area contributed by atoms with Crippen LogP contribution >= 0.6 is 11.6 Å². The molecule has 0 saturated carbocycles. The summed E-state index contributed by atoms with van der Waals surface area (Å²) in [5.41, 5.74) is 1.66. The second-order valence-electron chi connectivity index (χ2n) is 9.09. The van der Waals surface area contributed by atoms with Gasteiger partial charge in [0.15, 0.2) is 5.82 Å². The molecule has 2 aromatic heterocycles. The number of rotatable bonds is 11. The molecular formula is C26H31ClFN7O4. The number of benzene rings is 1. The zero-order valence-corrected chi connectivity index (χ0v) is 22.7. The van der Waals surface area contributed by atoms with Crippen LogP contribution in [0.3, 0.4) is 0 Å². The molecule has 0 bridgehead atoms. The van der Waals surface area contributed by atoms with Crippen molar-refractivity contribution in [2.45, 2.75) is 26.7 Å². The number of piperidine rings is 1. The topological polar surface area (TPSA) is 123 Å². The van der Waals surface area contributed by atoms with Gasteiger partial charge in [-0.1, -0.05) is 11.6 Å². The van der Waals surface area contributed by atoms with Gasteiger partial charge in [0.1, 0.15) is 23.2 Å². The maximum Gasteiger partial charge on any atom is 0.320 e. The van der Waals surface area contributed by atoms with Crippen molar-refractivity contribution in [3.05, 3.63) is 41.6 Å². The number of esters is 2. The third-order valence-electron chi connectivity index (χ3n) is 6.28. The average Bonchev–Trinajstić information content (AvgIpc) is 2.91. The number of carbonyl (C=O) groups excluding carboxylic acids is 2. The summed E-state index contributed by atoms with van der Waals surface area (Å²) in [4.78, 5) is 45.8. The molecule has 1 aliphatic rings. The Balaban J connectivity index is 1.42. The Labute approximate surface area is 230 Å². The minimum Gasteiger partial charge on any atom is -0.465 e. The van der Waals surface area contributed by atoms with E-state index in [4.69, 9.17) is 26.1 Å². The number of ether oxygens (including phenoxy) is 2. The van der Waals surface area contributed by atoms with E-state index in [0.29, 0.717) is 48.1 Å². The smallest absolute Gasteiger partial charge is 0.320 e. The van der Waals surface area contributed by atoms with E-state index < -0.39 is 5.82 Å². The lowest BCUT2D eigenvalue weighted by Gasteiger charge is -2.34. The second kappa shape index (κ2) is 13.4. The van der Waals surface area contributed by atoms with Gasteiger partial charge in [-0.3, -0.25) is 14.5 Å². The van der Waals surface area contributed by atoms with Crippen molar-refractivity contribution in [2.75, 3.05) is 56.2 Å². The van der Waals surface area contributed by atoms with Crippen LogP contribution in [0.25, 0.3) is 11.0 Å². The van der Waals surface area contributed by atoms with Gasteiger partial charge in [-0.25, -0.2) is 24.3 Å².